The van der Waals surface area contributed by atoms with Crippen LogP contribution in [0.25, 0.3) is 11.0 Å². The van der Waals surface area contributed by atoms with Gasteiger partial charge in [0.25, 0.3) is 0 Å². The first-order valence-electron chi connectivity index (χ1n) is 11.1. The highest BCUT2D eigenvalue weighted by atomic mass is 15.3. The molecule has 2 aromatic rings. The maximum atomic E-state index is 4.69. The van der Waals surface area contributed by atoms with Gasteiger partial charge in [-0.15, -0.1) is 0 Å². The highest BCUT2D eigenvalue weighted by Crippen LogP contribution is 2.47. The first kappa shape index (κ1) is 17.5. The molecule has 0 bridgehead atoms. The Hall–Kier alpha value is -1.62. The lowest BCUT2D eigenvalue weighted by Crippen LogP contribution is -2.49. The molecular formula is C22H33N5. The monoisotopic (exact) mass is 367 g/mol. The number of hydrogen-bond donors (Lipinski definition) is 1. The second-order valence-corrected chi connectivity index (χ2v) is 9.08. The van der Waals surface area contributed by atoms with Crippen molar-refractivity contribution in [3.05, 3.63) is 18.6 Å². The Morgan fingerprint density at radius 3 is 2.81 bits per heavy atom. The van der Waals surface area contributed by atoms with Crippen molar-refractivity contribution in [3.63, 3.8) is 0 Å². The van der Waals surface area contributed by atoms with Crippen molar-refractivity contribution in [1.82, 2.24) is 19.9 Å². The summed E-state index contributed by atoms with van der Waals surface area (Å²) in [5.74, 6) is 2.10. The third kappa shape index (κ3) is 3.24. The van der Waals surface area contributed by atoms with Crippen LogP contribution in [0, 0.1) is 5.92 Å². The van der Waals surface area contributed by atoms with E-state index in [4.69, 9.17) is 0 Å². The molecule has 1 aliphatic heterocycles. The molecule has 3 fully saturated rings. The van der Waals surface area contributed by atoms with Crippen molar-refractivity contribution in [2.75, 3.05) is 24.5 Å². The zero-order chi connectivity index (χ0) is 18.3. The molecule has 3 heterocycles. The van der Waals surface area contributed by atoms with Gasteiger partial charge in [-0.2, -0.15) is 0 Å². The third-order valence-electron chi connectivity index (χ3n) is 7.37. The van der Waals surface area contributed by atoms with Crippen molar-refractivity contribution in [2.45, 2.75) is 76.3 Å². The predicted molar refractivity (Wildman–Crippen MR) is 110 cm³/mol. The topological polar surface area (TPSA) is 48.1 Å². The van der Waals surface area contributed by atoms with E-state index in [0.29, 0.717) is 5.54 Å². The molecule has 1 atom stereocenters. The zero-order valence-electron chi connectivity index (χ0n) is 16.7. The van der Waals surface area contributed by atoms with E-state index in [9.17, 15) is 0 Å². The second kappa shape index (κ2) is 7.08. The fraction of sp³-hybridized carbons (Fsp3) is 0.727. The Morgan fingerprint density at radius 1 is 1.19 bits per heavy atom. The normalized spacial score (nSPS) is 24.6. The number of rotatable bonds is 5. The van der Waals surface area contributed by atoms with E-state index < -0.39 is 0 Å². The van der Waals surface area contributed by atoms with Crippen molar-refractivity contribution in [3.8, 4) is 0 Å². The summed E-state index contributed by atoms with van der Waals surface area (Å²) in [5, 5.41) is 1.17. The molecule has 5 rings (SSSR count). The lowest BCUT2D eigenvalue weighted by atomic mass is 9.94. The minimum atomic E-state index is 0.392. The number of aromatic amines is 1. The minimum Gasteiger partial charge on any atom is -0.354 e. The van der Waals surface area contributed by atoms with E-state index in [0.717, 1.165) is 36.5 Å². The van der Waals surface area contributed by atoms with Gasteiger partial charge in [-0.25, -0.2) is 9.97 Å². The lowest BCUT2D eigenvalue weighted by molar-refractivity contribution is 0.105. The van der Waals surface area contributed by atoms with E-state index in [2.05, 4.69) is 37.7 Å². The molecule has 5 heteroatoms. The molecule has 27 heavy (non-hydrogen) atoms. The summed E-state index contributed by atoms with van der Waals surface area (Å²) in [6.45, 7) is 5.90. The number of hydrogen-bond acceptors (Lipinski definition) is 4. The summed E-state index contributed by atoms with van der Waals surface area (Å²) in [6.07, 6.45) is 16.2. The van der Waals surface area contributed by atoms with E-state index in [1.807, 2.05) is 6.20 Å². The molecule has 5 nitrogen and oxygen atoms in total. The second-order valence-electron chi connectivity index (χ2n) is 9.08. The van der Waals surface area contributed by atoms with Crippen LogP contribution in [-0.4, -0.2) is 51.1 Å². The Bertz CT molecular complexity index is 774. The van der Waals surface area contributed by atoms with Gasteiger partial charge in [0, 0.05) is 37.4 Å². The smallest absolute Gasteiger partial charge is 0.142 e. The first-order chi connectivity index (χ1) is 13.3. The largest absolute Gasteiger partial charge is 0.354 e. The average molecular weight is 368 g/mol. The van der Waals surface area contributed by atoms with E-state index in [-0.39, 0.29) is 0 Å². The fourth-order valence-electron chi connectivity index (χ4n) is 5.79. The van der Waals surface area contributed by atoms with Crippen LogP contribution in [0.3, 0.4) is 0 Å². The van der Waals surface area contributed by atoms with Gasteiger partial charge in [0.2, 0.25) is 0 Å². The van der Waals surface area contributed by atoms with E-state index in [1.165, 1.54) is 69.7 Å². The Balaban J connectivity index is 1.38. The number of nitrogens with zero attached hydrogens (tertiary/aromatic N) is 4. The molecule has 2 aliphatic carbocycles. The molecule has 1 spiro atoms. The summed E-state index contributed by atoms with van der Waals surface area (Å²) in [6, 6.07) is 2.90. The van der Waals surface area contributed by atoms with Crippen LogP contribution in [-0.2, 0) is 0 Å². The van der Waals surface area contributed by atoms with Crippen molar-refractivity contribution < 1.29 is 0 Å². The Morgan fingerprint density at radius 2 is 2.04 bits per heavy atom. The molecule has 146 valence electrons. The number of fused-ring (bicyclic) bond motifs is 1. The highest BCUT2D eigenvalue weighted by molar-refractivity contribution is 5.87. The van der Waals surface area contributed by atoms with Crippen LogP contribution in [0.4, 0.5) is 5.82 Å². The fourth-order valence-corrected chi connectivity index (χ4v) is 5.79. The molecule has 0 radical (unpaired) electrons. The predicted octanol–water partition coefficient (Wildman–Crippen LogP) is 4.36. The van der Waals surface area contributed by atoms with Crippen molar-refractivity contribution >= 4 is 16.9 Å². The molecule has 2 aromatic heterocycles. The highest BCUT2D eigenvalue weighted by Gasteiger charge is 2.52. The van der Waals surface area contributed by atoms with Gasteiger partial charge in [-0.05, 0) is 44.1 Å². The summed E-state index contributed by atoms with van der Waals surface area (Å²) in [4.78, 5) is 17.8. The molecule has 3 aliphatic rings. The number of nitrogens with one attached hydrogen (secondary N) is 1. The van der Waals surface area contributed by atoms with Crippen LogP contribution in [0.5, 0.6) is 0 Å². The SMILES string of the molecule is CCC(CC1CCCC1)N1CCCN(c2ncnc3[nH]ccc23)CC12CC2. The average Bonchev–Trinajstić information content (AvgIpc) is 3.09. The van der Waals surface area contributed by atoms with Gasteiger partial charge in [0.1, 0.15) is 17.8 Å². The number of anilines is 1. The summed E-state index contributed by atoms with van der Waals surface area (Å²) >= 11 is 0. The van der Waals surface area contributed by atoms with Crippen LogP contribution >= 0.6 is 0 Å². The molecule has 0 aromatic carbocycles. The minimum absolute atomic E-state index is 0.392. The van der Waals surface area contributed by atoms with Crippen LogP contribution in [0.15, 0.2) is 18.6 Å². The molecule has 1 N–H and O–H groups in total. The van der Waals surface area contributed by atoms with Crippen molar-refractivity contribution in [1.29, 1.82) is 0 Å². The number of aromatic nitrogens is 3. The molecule has 1 unspecified atom stereocenters. The van der Waals surface area contributed by atoms with Crippen molar-refractivity contribution in [2.24, 2.45) is 5.92 Å². The Labute approximate surface area is 162 Å². The molecule has 0 amide bonds. The van der Waals surface area contributed by atoms with Gasteiger partial charge >= 0.3 is 0 Å². The van der Waals surface area contributed by atoms with Gasteiger partial charge in [0.15, 0.2) is 0 Å². The lowest BCUT2D eigenvalue weighted by Gasteiger charge is -2.39. The van der Waals surface area contributed by atoms with Crippen LogP contribution in [0.2, 0.25) is 0 Å². The van der Waals surface area contributed by atoms with Crippen LogP contribution < -0.4 is 4.90 Å². The first-order valence-corrected chi connectivity index (χ1v) is 11.1. The van der Waals surface area contributed by atoms with Gasteiger partial charge in [0.05, 0.1) is 5.39 Å². The van der Waals surface area contributed by atoms with Crippen LogP contribution in [0.1, 0.15) is 64.7 Å². The molecule has 2 saturated carbocycles. The van der Waals surface area contributed by atoms with Gasteiger partial charge in [-0.1, -0.05) is 32.6 Å². The summed E-state index contributed by atoms with van der Waals surface area (Å²) in [7, 11) is 0. The third-order valence-corrected chi connectivity index (χ3v) is 7.37. The standard InChI is InChI=1S/C22H33N5/c1-2-18(14-17-6-3-4-7-17)27-13-5-12-26(15-22(27)9-10-22)21-19-8-11-23-20(19)24-16-25-21/h8,11,16-18H,2-7,9-10,12-15H2,1H3,(H,23,24,25). The van der Waals surface area contributed by atoms with Gasteiger partial charge < -0.3 is 9.88 Å². The van der Waals surface area contributed by atoms with E-state index in [1.54, 1.807) is 6.33 Å². The maximum absolute atomic E-state index is 4.69. The molecule has 1 saturated heterocycles. The zero-order valence-corrected chi connectivity index (χ0v) is 16.7. The molecular weight excluding hydrogens is 334 g/mol. The summed E-state index contributed by atoms with van der Waals surface area (Å²) in [5.41, 5.74) is 1.35. The summed E-state index contributed by atoms with van der Waals surface area (Å²) < 4.78 is 0. The Kier molecular flexibility index (Phi) is 4.58. The van der Waals surface area contributed by atoms with Gasteiger partial charge in [-0.3, -0.25) is 4.90 Å². The maximum Gasteiger partial charge on any atom is 0.142 e. The van der Waals surface area contributed by atoms with E-state index >= 15 is 0 Å². The number of H-pyrrole nitrogens is 1. The quantitative estimate of drug-likeness (QED) is 0.853.